The van der Waals surface area contributed by atoms with Gasteiger partial charge in [-0.3, -0.25) is 0 Å². The van der Waals surface area contributed by atoms with E-state index in [4.69, 9.17) is 4.74 Å². The van der Waals surface area contributed by atoms with E-state index in [-0.39, 0.29) is 5.97 Å². The number of imidazole rings is 1. The van der Waals surface area contributed by atoms with Crippen molar-refractivity contribution in [3.8, 4) is 0 Å². The van der Waals surface area contributed by atoms with E-state index in [1.165, 1.54) is 6.08 Å². The molecule has 0 saturated heterocycles. The van der Waals surface area contributed by atoms with E-state index in [0.29, 0.717) is 13.0 Å². The Labute approximate surface area is 112 Å². The average Bonchev–Trinajstić information content (AvgIpc) is 2.91. The summed E-state index contributed by atoms with van der Waals surface area (Å²) in [6.45, 7) is 2.17. The number of H-pyrrole nitrogens is 1. The van der Waals surface area contributed by atoms with Crippen molar-refractivity contribution in [2.75, 3.05) is 6.61 Å². The maximum Gasteiger partial charge on any atom is 0.330 e. The number of nitrogens with zero attached hydrogens (tertiary/aromatic N) is 1. The highest BCUT2D eigenvalue weighted by molar-refractivity contribution is 5.87. The number of esters is 1. The van der Waals surface area contributed by atoms with Gasteiger partial charge in [-0.15, -0.1) is 0 Å². The van der Waals surface area contributed by atoms with Crippen LogP contribution in [0.1, 0.15) is 23.9 Å². The van der Waals surface area contributed by atoms with Crippen LogP contribution in [0.5, 0.6) is 0 Å². The number of nitrogens with one attached hydrogen (secondary N) is 1. The zero-order chi connectivity index (χ0) is 13.5. The zero-order valence-corrected chi connectivity index (χ0v) is 10.8. The van der Waals surface area contributed by atoms with Crippen molar-refractivity contribution < 1.29 is 9.53 Å². The van der Waals surface area contributed by atoms with Gasteiger partial charge in [-0.1, -0.05) is 24.3 Å². The van der Waals surface area contributed by atoms with Crippen molar-refractivity contribution in [2.24, 2.45) is 0 Å². The number of hydrogen-bond acceptors (Lipinski definition) is 3. The Morgan fingerprint density at radius 3 is 3.00 bits per heavy atom. The van der Waals surface area contributed by atoms with Gasteiger partial charge in [-0.2, -0.15) is 0 Å². The van der Waals surface area contributed by atoms with Crippen molar-refractivity contribution >= 4 is 12.0 Å². The number of ether oxygens (including phenoxy) is 1. The van der Waals surface area contributed by atoms with Gasteiger partial charge in [0, 0.05) is 24.9 Å². The van der Waals surface area contributed by atoms with Gasteiger partial charge in [-0.25, -0.2) is 9.78 Å². The monoisotopic (exact) mass is 256 g/mol. The third-order valence-electron chi connectivity index (χ3n) is 2.65. The molecule has 0 aliphatic rings. The molecule has 0 unspecified atom stereocenters. The van der Waals surface area contributed by atoms with Crippen LogP contribution in [0, 0.1) is 0 Å². The molecular weight excluding hydrogens is 240 g/mol. The van der Waals surface area contributed by atoms with E-state index in [0.717, 1.165) is 17.0 Å². The topological polar surface area (TPSA) is 55.0 Å². The van der Waals surface area contributed by atoms with Crippen LogP contribution in [0.15, 0.2) is 42.7 Å². The molecular formula is C15H16N2O2. The molecule has 1 aromatic carbocycles. The summed E-state index contributed by atoms with van der Waals surface area (Å²) in [5.74, 6) is 0.576. The fourth-order valence-electron chi connectivity index (χ4n) is 1.78. The predicted molar refractivity (Wildman–Crippen MR) is 73.5 cm³/mol. The number of rotatable bonds is 5. The summed E-state index contributed by atoms with van der Waals surface area (Å²) in [7, 11) is 0. The Morgan fingerprint density at radius 2 is 2.26 bits per heavy atom. The summed E-state index contributed by atoms with van der Waals surface area (Å²) in [4.78, 5) is 18.6. The minimum Gasteiger partial charge on any atom is -0.463 e. The molecule has 0 atom stereocenters. The third kappa shape index (κ3) is 3.81. The normalized spacial score (nSPS) is 10.8. The molecule has 0 spiro atoms. The lowest BCUT2D eigenvalue weighted by atomic mass is 10.0. The molecule has 1 N–H and O–H groups in total. The third-order valence-corrected chi connectivity index (χ3v) is 2.65. The van der Waals surface area contributed by atoms with Crippen LogP contribution in [0.2, 0.25) is 0 Å². The number of carbonyl (C=O) groups excluding carboxylic acids is 1. The van der Waals surface area contributed by atoms with Crippen molar-refractivity contribution in [2.45, 2.75) is 13.3 Å². The predicted octanol–water partition coefficient (Wildman–Crippen LogP) is 2.58. The minimum absolute atomic E-state index is 0.324. The summed E-state index contributed by atoms with van der Waals surface area (Å²) in [5, 5.41) is 0. The summed E-state index contributed by atoms with van der Waals surface area (Å²) in [5.41, 5.74) is 2.10. The van der Waals surface area contributed by atoms with Crippen LogP contribution >= 0.6 is 0 Å². The second kappa shape index (κ2) is 6.54. The lowest BCUT2D eigenvalue weighted by Gasteiger charge is -2.04. The molecule has 98 valence electrons. The Kier molecular flexibility index (Phi) is 4.50. The van der Waals surface area contributed by atoms with E-state index >= 15 is 0 Å². The van der Waals surface area contributed by atoms with Crippen LogP contribution < -0.4 is 0 Å². The first-order chi connectivity index (χ1) is 9.29. The molecule has 1 heterocycles. The number of aromatic amines is 1. The van der Waals surface area contributed by atoms with E-state index < -0.39 is 0 Å². The fraction of sp³-hybridized carbons (Fsp3) is 0.200. The minimum atomic E-state index is -0.324. The fourth-order valence-corrected chi connectivity index (χ4v) is 1.78. The molecule has 0 radical (unpaired) electrons. The quantitative estimate of drug-likeness (QED) is 0.660. The number of hydrogen-bond donors (Lipinski definition) is 1. The lowest BCUT2D eigenvalue weighted by Crippen LogP contribution is -1.99. The maximum absolute atomic E-state index is 11.3. The van der Waals surface area contributed by atoms with Gasteiger partial charge < -0.3 is 9.72 Å². The van der Waals surface area contributed by atoms with Gasteiger partial charge in [0.1, 0.15) is 5.82 Å². The van der Waals surface area contributed by atoms with Gasteiger partial charge in [0.15, 0.2) is 0 Å². The second-order valence-electron chi connectivity index (χ2n) is 4.00. The van der Waals surface area contributed by atoms with E-state index in [9.17, 15) is 4.79 Å². The summed E-state index contributed by atoms with van der Waals surface area (Å²) in [6, 6.07) is 7.90. The van der Waals surface area contributed by atoms with E-state index in [1.54, 1.807) is 25.4 Å². The van der Waals surface area contributed by atoms with Crippen LogP contribution in [-0.2, 0) is 16.0 Å². The standard InChI is InChI=1S/C15H16N2O2/c1-2-19-15(18)8-7-12-5-3-4-6-13(12)11-14-16-9-10-17-14/h3-10H,2,11H2,1H3,(H,16,17). The summed E-state index contributed by atoms with van der Waals surface area (Å²) < 4.78 is 4.87. The molecule has 0 aliphatic heterocycles. The molecule has 19 heavy (non-hydrogen) atoms. The van der Waals surface area contributed by atoms with E-state index in [1.807, 2.05) is 24.3 Å². The van der Waals surface area contributed by atoms with Gasteiger partial charge in [0.2, 0.25) is 0 Å². The van der Waals surface area contributed by atoms with Gasteiger partial charge in [-0.05, 0) is 24.1 Å². The maximum atomic E-state index is 11.3. The summed E-state index contributed by atoms with van der Waals surface area (Å²) in [6.07, 6.45) is 7.45. The highest BCUT2D eigenvalue weighted by Gasteiger charge is 2.03. The summed E-state index contributed by atoms with van der Waals surface area (Å²) >= 11 is 0. The average molecular weight is 256 g/mol. The SMILES string of the molecule is CCOC(=O)C=Cc1ccccc1Cc1ncc[nH]1. The molecule has 0 aliphatic carbocycles. The van der Waals surface area contributed by atoms with Crippen LogP contribution in [0.3, 0.4) is 0 Å². The van der Waals surface area contributed by atoms with Crippen molar-refractivity contribution in [1.29, 1.82) is 0 Å². The highest BCUT2D eigenvalue weighted by Crippen LogP contribution is 2.14. The zero-order valence-electron chi connectivity index (χ0n) is 10.8. The first-order valence-electron chi connectivity index (χ1n) is 6.20. The largest absolute Gasteiger partial charge is 0.463 e. The van der Waals surface area contributed by atoms with Gasteiger partial charge in [0.25, 0.3) is 0 Å². The molecule has 4 heteroatoms. The number of benzene rings is 1. The first kappa shape index (κ1) is 13.1. The molecule has 4 nitrogen and oxygen atoms in total. The number of carbonyl (C=O) groups is 1. The van der Waals surface area contributed by atoms with Gasteiger partial charge in [0.05, 0.1) is 6.61 Å². The van der Waals surface area contributed by atoms with Crippen molar-refractivity contribution in [3.05, 3.63) is 59.7 Å². The molecule has 2 aromatic rings. The van der Waals surface area contributed by atoms with Crippen molar-refractivity contribution in [1.82, 2.24) is 9.97 Å². The Hall–Kier alpha value is -2.36. The Morgan fingerprint density at radius 1 is 1.42 bits per heavy atom. The number of aromatic nitrogens is 2. The first-order valence-corrected chi connectivity index (χ1v) is 6.20. The Balaban J connectivity index is 2.14. The molecule has 0 bridgehead atoms. The van der Waals surface area contributed by atoms with E-state index in [2.05, 4.69) is 9.97 Å². The second-order valence-corrected chi connectivity index (χ2v) is 4.00. The molecule has 0 fully saturated rings. The highest BCUT2D eigenvalue weighted by atomic mass is 16.5. The van der Waals surface area contributed by atoms with Crippen LogP contribution in [0.25, 0.3) is 6.08 Å². The van der Waals surface area contributed by atoms with Crippen molar-refractivity contribution in [3.63, 3.8) is 0 Å². The molecule has 0 saturated carbocycles. The van der Waals surface area contributed by atoms with Crippen LogP contribution in [-0.4, -0.2) is 22.5 Å². The van der Waals surface area contributed by atoms with Gasteiger partial charge >= 0.3 is 5.97 Å². The molecule has 1 aromatic heterocycles. The Bertz CT molecular complexity index is 559. The smallest absolute Gasteiger partial charge is 0.330 e. The van der Waals surface area contributed by atoms with Crippen LogP contribution in [0.4, 0.5) is 0 Å². The lowest BCUT2D eigenvalue weighted by molar-refractivity contribution is -0.137. The molecule has 0 amide bonds. The molecule has 2 rings (SSSR count).